The molecule has 0 aliphatic carbocycles. The minimum absolute atomic E-state index is 0.729. The Hall–Kier alpha value is -1.12. The van der Waals surface area contributed by atoms with E-state index >= 15 is 0 Å². The van der Waals surface area contributed by atoms with Crippen LogP contribution in [0.2, 0.25) is 0 Å². The van der Waals surface area contributed by atoms with Crippen molar-refractivity contribution >= 4 is 23.7 Å². The van der Waals surface area contributed by atoms with Gasteiger partial charge >= 0.3 is 0 Å². The van der Waals surface area contributed by atoms with E-state index in [1.54, 1.807) is 11.8 Å². The van der Waals surface area contributed by atoms with Gasteiger partial charge in [-0.1, -0.05) is 11.8 Å². The molecular formula is C12H19N5O2S. The number of hydrogen-bond acceptors (Lipinski definition) is 8. The molecule has 2 fully saturated rings. The maximum Gasteiger partial charge on any atom is 0.231 e. The molecule has 7 nitrogen and oxygen atoms in total. The van der Waals surface area contributed by atoms with Gasteiger partial charge in [0, 0.05) is 26.2 Å². The molecule has 3 heterocycles. The predicted molar refractivity (Wildman–Crippen MR) is 77.7 cm³/mol. The summed E-state index contributed by atoms with van der Waals surface area (Å²) in [7, 11) is 0. The van der Waals surface area contributed by atoms with Crippen molar-refractivity contribution in [2.45, 2.75) is 5.16 Å². The van der Waals surface area contributed by atoms with Gasteiger partial charge in [-0.15, -0.1) is 0 Å². The molecule has 0 spiro atoms. The van der Waals surface area contributed by atoms with E-state index in [4.69, 9.17) is 9.47 Å². The summed E-state index contributed by atoms with van der Waals surface area (Å²) in [6.45, 7) is 6.25. The van der Waals surface area contributed by atoms with E-state index in [9.17, 15) is 0 Å². The Labute approximate surface area is 122 Å². The van der Waals surface area contributed by atoms with Gasteiger partial charge < -0.3 is 19.3 Å². The number of nitrogens with zero attached hydrogens (tertiary/aromatic N) is 5. The molecule has 0 unspecified atom stereocenters. The summed E-state index contributed by atoms with van der Waals surface area (Å²) in [5.74, 6) is 1.52. The normalized spacial score (nSPS) is 20.2. The molecule has 3 rings (SSSR count). The zero-order chi connectivity index (χ0) is 13.8. The lowest BCUT2D eigenvalue weighted by molar-refractivity contribution is 0.121. The summed E-state index contributed by atoms with van der Waals surface area (Å²) in [5.41, 5.74) is 0. The van der Waals surface area contributed by atoms with Crippen LogP contribution in [0.1, 0.15) is 0 Å². The second-order valence-electron chi connectivity index (χ2n) is 4.62. The fourth-order valence-electron chi connectivity index (χ4n) is 2.24. The van der Waals surface area contributed by atoms with Gasteiger partial charge in [0.15, 0.2) is 5.16 Å². The van der Waals surface area contributed by atoms with E-state index in [1.807, 2.05) is 6.26 Å². The maximum atomic E-state index is 5.38. The number of rotatable bonds is 3. The second kappa shape index (κ2) is 6.55. The highest BCUT2D eigenvalue weighted by molar-refractivity contribution is 7.98. The lowest BCUT2D eigenvalue weighted by Gasteiger charge is -2.30. The number of hydrogen-bond donors (Lipinski definition) is 0. The quantitative estimate of drug-likeness (QED) is 0.737. The van der Waals surface area contributed by atoms with Crippen molar-refractivity contribution in [3.63, 3.8) is 0 Å². The highest BCUT2D eigenvalue weighted by Gasteiger charge is 2.20. The summed E-state index contributed by atoms with van der Waals surface area (Å²) in [5, 5.41) is 0.767. The smallest absolute Gasteiger partial charge is 0.231 e. The first-order valence-corrected chi connectivity index (χ1v) is 8.05. The first-order valence-electron chi connectivity index (χ1n) is 6.82. The Morgan fingerprint density at radius 2 is 1.25 bits per heavy atom. The fraction of sp³-hybridized carbons (Fsp3) is 0.750. The highest BCUT2D eigenvalue weighted by Crippen LogP contribution is 2.20. The Morgan fingerprint density at radius 3 is 1.65 bits per heavy atom. The number of thioether (sulfide) groups is 1. The van der Waals surface area contributed by atoms with Crippen molar-refractivity contribution in [1.29, 1.82) is 0 Å². The van der Waals surface area contributed by atoms with Gasteiger partial charge in [0.1, 0.15) is 0 Å². The molecule has 1 aromatic heterocycles. The van der Waals surface area contributed by atoms with Crippen LogP contribution in [0.25, 0.3) is 0 Å². The fourth-order valence-corrected chi connectivity index (χ4v) is 2.58. The van der Waals surface area contributed by atoms with Crippen LogP contribution < -0.4 is 9.80 Å². The van der Waals surface area contributed by atoms with Gasteiger partial charge in [-0.05, 0) is 6.26 Å². The van der Waals surface area contributed by atoms with Gasteiger partial charge in [0.25, 0.3) is 0 Å². The monoisotopic (exact) mass is 297 g/mol. The van der Waals surface area contributed by atoms with Crippen LogP contribution in [0.15, 0.2) is 5.16 Å². The van der Waals surface area contributed by atoms with E-state index in [2.05, 4.69) is 24.8 Å². The van der Waals surface area contributed by atoms with Gasteiger partial charge in [-0.3, -0.25) is 0 Å². The summed E-state index contributed by atoms with van der Waals surface area (Å²) in [4.78, 5) is 18.0. The predicted octanol–water partition coefficient (Wildman–Crippen LogP) is 0.267. The van der Waals surface area contributed by atoms with Gasteiger partial charge in [-0.2, -0.15) is 15.0 Å². The van der Waals surface area contributed by atoms with E-state index in [0.717, 1.165) is 69.7 Å². The molecule has 0 N–H and O–H groups in total. The topological polar surface area (TPSA) is 63.6 Å². The number of anilines is 2. The summed E-state index contributed by atoms with van der Waals surface area (Å²) >= 11 is 1.55. The minimum Gasteiger partial charge on any atom is -0.378 e. The highest BCUT2D eigenvalue weighted by atomic mass is 32.2. The molecule has 0 saturated carbocycles. The van der Waals surface area contributed by atoms with Crippen LogP contribution in [0.3, 0.4) is 0 Å². The third-order valence-electron chi connectivity index (χ3n) is 3.36. The number of morpholine rings is 2. The van der Waals surface area contributed by atoms with Gasteiger partial charge in [-0.25, -0.2) is 0 Å². The van der Waals surface area contributed by atoms with Crippen LogP contribution in [-0.4, -0.2) is 73.8 Å². The van der Waals surface area contributed by atoms with Gasteiger partial charge in [0.05, 0.1) is 26.4 Å². The molecule has 0 aromatic carbocycles. The minimum atomic E-state index is 0.729. The Balaban J connectivity index is 1.85. The third kappa shape index (κ3) is 3.13. The average Bonchev–Trinajstić information content (AvgIpc) is 2.56. The number of aromatic nitrogens is 3. The average molecular weight is 297 g/mol. The SMILES string of the molecule is CSc1nc(N2CCOCC2)nc(N2CCOCC2)n1. The van der Waals surface area contributed by atoms with Crippen molar-refractivity contribution in [1.82, 2.24) is 15.0 Å². The molecular weight excluding hydrogens is 278 g/mol. The molecule has 2 saturated heterocycles. The zero-order valence-corrected chi connectivity index (χ0v) is 12.4. The van der Waals surface area contributed by atoms with E-state index in [0.29, 0.717) is 0 Å². The van der Waals surface area contributed by atoms with E-state index in [1.165, 1.54) is 0 Å². The number of ether oxygens (including phenoxy) is 2. The zero-order valence-electron chi connectivity index (χ0n) is 11.6. The van der Waals surface area contributed by atoms with Crippen molar-refractivity contribution in [3.05, 3.63) is 0 Å². The van der Waals surface area contributed by atoms with E-state index in [-0.39, 0.29) is 0 Å². The Bertz CT molecular complexity index is 413. The standard InChI is InChI=1S/C12H19N5O2S/c1-20-12-14-10(16-2-6-18-7-3-16)13-11(15-12)17-4-8-19-9-5-17/h2-9H2,1H3. The van der Waals surface area contributed by atoms with Crippen molar-refractivity contribution in [2.75, 3.05) is 68.7 Å². The van der Waals surface area contributed by atoms with Crippen LogP contribution in [-0.2, 0) is 9.47 Å². The largest absolute Gasteiger partial charge is 0.378 e. The van der Waals surface area contributed by atoms with Crippen molar-refractivity contribution in [2.24, 2.45) is 0 Å². The lowest BCUT2D eigenvalue weighted by atomic mass is 10.4. The molecule has 0 atom stereocenters. The van der Waals surface area contributed by atoms with Crippen LogP contribution in [0.5, 0.6) is 0 Å². The van der Waals surface area contributed by atoms with Gasteiger partial charge in [0.2, 0.25) is 11.9 Å². The third-order valence-corrected chi connectivity index (χ3v) is 3.91. The molecule has 2 aliphatic rings. The molecule has 0 amide bonds. The lowest BCUT2D eigenvalue weighted by Crippen LogP contribution is -2.40. The van der Waals surface area contributed by atoms with Crippen molar-refractivity contribution in [3.8, 4) is 0 Å². The molecule has 20 heavy (non-hydrogen) atoms. The maximum absolute atomic E-state index is 5.38. The van der Waals surface area contributed by atoms with Crippen LogP contribution in [0, 0.1) is 0 Å². The van der Waals surface area contributed by atoms with E-state index < -0.39 is 0 Å². The molecule has 2 aliphatic heterocycles. The summed E-state index contributed by atoms with van der Waals surface area (Å²) in [6, 6.07) is 0. The first kappa shape index (κ1) is 13.8. The molecule has 8 heteroatoms. The second-order valence-corrected chi connectivity index (χ2v) is 5.39. The molecule has 0 bridgehead atoms. The Morgan fingerprint density at radius 1 is 0.800 bits per heavy atom. The molecule has 1 aromatic rings. The van der Waals surface area contributed by atoms with Crippen LogP contribution in [0.4, 0.5) is 11.9 Å². The molecule has 0 radical (unpaired) electrons. The van der Waals surface area contributed by atoms with Crippen LogP contribution >= 0.6 is 11.8 Å². The first-order chi connectivity index (χ1) is 9.86. The molecule has 110 valence electrons. The summed E-state index contributed by atoms with van der Waals surface area (Å²) < 4.78 is 10.8. The Kier molecular flexibility index (Phi) is 4.54. The summed E-state index contributed by atoms with van der Waals surface area (Å²) in [6.07, 6.45) is 1.99. The van der Waals surface area contributed by atoms with Crippen molar-refractivity contribution < 1.29 is 9.47 Å².